The second kappa shape index (κ2) is 12.1. The van der Waals surface area contributed by atoms with Gasteiger partial charge in [-0.05, 0) is 49.6 Å². The number of rotatable bonds is 8. The molecule has 2 aromatic rings. The van der Waals surface area contributed by atoms with Crippen LogP contribution in [0.5, 0.6) is 0 Å². The molecular formula is C22H33IN4O2S. The number of nitrogens with zero attached hydrogens (tertiary/aromatic N) is 2. The maximum atomic E-state index is 11.8. The van der Waals surface area contributed by atoms with Crippen molar-refractivity contribution >= 4 is 45.5 Å². The van der Waals surface area contributed by atoms with Gasteiger partial charge in [0.25, 0.3) is 0 Å². The van der Waals surface area contributed by atoms with Crippen molar-refractivity contribution in [1.82, 2.24) is 10.6 Å². The van der Waals surface area contributed by atoms with E-state index in [2.05, 4.69) is 58.6 Å². The van der Waals surface area contributed by atoms with E-state index in [0.29, 0.717) is 11.4 Å². The normalized spacial score (nSPS) is 11.6. The molecule has 6 nitrogen and oxygen atoms in total. The molecule has 0 unspecified atom stereocenters. The number of para-hydroxylation sites is 1. The molecule has 8 heteroatoms. The van der Waals surface area contributed by atoms with Crippen molar-refractivity contribution in [2.24, 2.45) is 4.99 Å². The van der Waals surface area contributed by atoms with E-state index in [-0.39, 0.29) is 24.0 Å². The Hall–Kier alpha value is -1.81. The van der Waals surface area contributed by atoms with E-state index in [9.17, 15) is 8.42 Å². The van der Waals surface area contributed by atoms with Gasteiger partial charge in [0.1, 0.15) is 0 Å². The zero-order valence-electron chi connectivity index (χ0n) is 18.4. The number of nitrogens with one attached hydrogen (secondary N) is 2. The summed E-state index contributed by atoms with van der Waals surface area (Å²) in [4.78, 5) is 6.99. The van der Waals surface area contributed by atoms with Crippen molar-refractivity contribution in [3.05, 3.63) is 59.2 Å². The molecule has 166 valence electrons. The molecule has 0 amide bonds. The first-order valence-electron chi connectivity index (χ1n) is 9.81. The van der Waals surface area contributed by atoms with Crippen molar-refractivity contribution in [3.8, 4) is 0 Å². The van der Waals surface area contributed by atoms with E-state index in [1.54, 1.807) is 13.1 Å². The Morgan fingerprint density at radius 1 is 1.07 bits per heavy atom. The highest BCUT2D eigenvalue weighted by molar-refractivity contribution is 14.0. The van der Waals surface area contributed by atoms with Crippen molar-refractivity contribution in [2.45, 2.75) is 32.2 Å². The first-order chi connectivity index (χ1) is 13.8. The van der Waals surface area contributed by atoms with Gasteiger partial charge in [0.05, 0.1) is 4.90 Å². The number of hydrogen-bond donors (Lipinski definition) is 2. The van der Waals surface area contributed by atoms with Crippen LogP contribution in [0.25, 0.3) is 0 Å². The Balaban J connectivity index is 0.00000450. The molecule has 2 aromatic carbocycles. The SMILES string of the molecule is CCN(CCNC(=NC)NCc1ccc(S(C)(=O)=O)c(C)c1)c1ccccc1C.I. The third-order valence-corrected chi connectivity index (χ3v) is 6.09. The number of benzene rings is 2. The number of aryl methyl sites for hydroxylation is 2. The van der Waals surface area contributed by atoms with Gasteiger partial charge in [-0.2, -0.15) is 0 Å². The van der Waals surface area contributed by atoms with Gasteiger partial charge in [0, 0.05) is 45.2 Å². The molecule has 0 aromatic heterocycles. The van der Waals surface area contributed by atoms with Crippen molar-refractivity contribution in [2.75, 3.05) is 37.8 Å². The number of hydrogen-bond acceptors (Lipinski definition) is 4. The fraction of sp³-hybridized carbons (Fsp3) is 0.409. The summed E-state index contributed by atoms with van der Waals surface area (Å²) in [5, 5.41) is 6.63. The summed E-state index contributed by atoms with van der Waals surface area (Å²) in [6.45, 7) is 9.23. The highest BCUT2D eigenvalue weighted by atomic mass is 127. The van der Waals surface area contributed by atoms with E-state index < -0.39 is 9.84 Å². The van der Waals surface area contributed by atoms with E-state index in [1.165, 1.54) is 17.5 Å². The minimum absolute atomic E-state index is 0. The average Bonchev–Trinajstić information content (AvgIpc) is 2.67. The lowest BCUT2D eigenvalue weighted by atomic mass is 10.1. The lowest BCUT2D eigenvalue weighted by molar-refractivity contribution is 0.601. The van der Waals surface area contributed by atoms with Crippen LogP contribution in [0.3, 0.4) is 0 Å². The lowest BCUT2D eigenvalue weighted by Gasteiger charge is -2.25. The predicted octanol–water partition coefficient (Wildman–Crippen LogP) is 3.52. The van der Waals surface area contributed by atoms with Crippen LogP contribution in [0.15, 0.2) is 52.4 Å². The van der Waals surface area contributed by atoms with Gasteiger partial charge in [-0.3, -0.25) is 4.99 Å². The minimum atomic E-state index is -3.20. The third kappa shape index (κ3) is 7.46. The Bertz CT molecular complexity index is 961. The molecular weight excluding hydrogens is 511 g/mol. The number of likely N-dealkylation sites (N-methyl/N-ethyl adjacent to an activating group) is 1. The van der Waals surface area contributed by atoms with Crippen LogP contribution in [0.1, 0.15) is 23.6 Å². The van der Waals surface area contributed by atoms with E-state index in [0.717, 1.165) is 36.7 Å². The standard InChI is InChI=1S/C22H32N4O2S.HI/c1-6-26(20-10-8-7-9-17(20)2)14-13-24-22(23-4)25-16-19-11-12-21(18(3)15-19)29(5,27)28;/h7-12,15H,6,13-14,16H2,1-5H3,(H2,23,24,25);1H. The highest BCUT2D eigenvalue weighted by Gasteiger charge is 2.11. The summed E-state index contributed by atoms with van der Waals surface area (Å²) in [6, 6.07) is 13.8. The Morgan fingerprint density at radius 2 is 1.77 bits per heavy atom. The van der Waals surface area contributed by atoms with Gasteiger partial charge in [0.15, 0.2) is 15.8 Å². The molecule has 0 radical (unpaired) electrons. The van der Waals surface area contributed by atoms with Gasteiger partial charge in [-0.25, -0.2) is 8.42 Å². The maximum absolute atomic E-state index is 11.8. The molecule has 2 rings (SSSR count). The maximum Gasteiger partial charge on any atom is 0.191 e. The topological polar surface area (TPSA) is 73.8 Å². The molecule has 0 aliphatic carbocycles. The number of sulfone groups is 1. The van der Waals surface area contributed by atoms with Gasteiger partial charge in [-0.15, -0.1) is 24.0 Å². The first kappa shape index (κ1) is 26.2. The molecule has 0 spiro atoms. The minimum Gasteiger partial charge on any atom is -0.370 e. The molecule has 30 heavy (non-hydrogen) atoms. The molecule has 0 atom stereocenters. The van der Waals surface area contributed by atoms with E-state index in [4.69, 9.17) is 0 Å². The lowest BCUT2D eigenvalue weighted by Crippen LogP contribution is -2.41. The molecule has 0 aliphatic rings. The monoisotopic (exact) mass is 544 g/mol. The molecule has 0 saturated carbocycles. The smallest absolute Gasteiger partial charge is 0.191 e. The highest BCUT2D eigenvalue weighted by Crippen LogP contribution is 2.18. The second-order valence-corrected chi connectivity index (χ2v) is 9.07. The van der Waals surface area contributed by atoms with Crippen LogP contribution in [-0.2, 0) is 16.4 Å². The van der Waals surface area contributed by atoms with Gasteiger partial charge in [0.2, 0.25) is 0 Å². The van der Waals surface area contributed by atoms with E-state index in [1.807, 2.05) is 19.1 Å². The number of halogens is 1. The van der Waals surface area contributed by atoms with Crippen LogP contribution in [-0.4, -0.2) is 47.3 Å². The average molecular weight is 545 g/mol. The summed E-state index contributed by atoms with van der Waals surface area (Å²) in [5.74, 6) is 0.718. The van der Waals surface area contributed by atoms with Crippen LogP contribution < -0.4 is 15.5 Å². The molecule has 0 fully saturated rings. The molecule has 0 heterocycles. The third-order valence-electron chi connectivity index (χ3n) is 4.83. The summed E-state index contributed by atoms with van der Waals surface area (Å²) in [5.41, 5.74) is 4.28. The van der Waals surface area contributed by atoms with Crippen molar-refractivity contribution in [3.63, 3.8) is 0 Å². The first-order valence-corrected chi connectivity index (χ1v) is 11.7. The summed E-state index contributed by atoms with van der Waals surface area (Å²) < 4.78 is 23.5. The van der Waals surface area contributed by atoms with Crippen molar-refractivity contribution in [1.29, 1.82) is 0 Å². The van der Waals surface area contributed by atoms with Crippen LogP contribution in [0.4, 0.5) is 5.69 Å². The van der Waals surface area contributed by atoms with Crippen molar-refractivity contribution < 1.29 is 8.42 Å². The zero-order chi connectivity index (χ0) is 21.4. The van der Waals surface area contributed by atoms with Crippen LogP contribution in [0, 0.1) is 13.8 Å². The fourth-order valence-corrected chi connectivity index (χ4v) is 4.28. The molecule has 2 N–H and O–H groups in total. The van der Waals surface area contributed by atoms with Crippen LogP contribution >= 0.6 is 24.0 Å². The Morgan fingerprint density at radius 3 is 2.33 bits per heavy atom. The van der Waals surface area contributed by atoms with Crippen LogP contribution in [0.2, 0.25) is 0 Å². The Kier molecular flexibility index (Phi) is 10.6. The van der Waals surface area contributed by atoms with Gasteiger partial charge < -0.3 is 15.5 Å². The summed E-state index contributed by atoms with van der Waals surface area (Å²) in [7, 11) is -1.45. The summed E-state index contributed by atoms with van der Waals surface area (Å²) >= 11 is 0. The number of aliphatic imine (C=N–C) groups is 1. The molecule has 0 aliphatic heterocycles. The van der Waals surface area contributed by atoms with E-state index >= 15 is 0 Å². The van der Waals surface area contributed by atoms with Gasteiger partial charge in [-0.1, -0.05) is 30.3 Å². The number of anilines is 1. The molecule has 0 saturated heterocycles. The fourth-order valence-electron chi connectivity index (χ4n) is 3.32. The predicted molar refractivity (Wildman–Crippen MR) is 137 cm³/mol. The van der Waals surface area contributed by atoms with Gasteiger partial charge >= 0.3 is 0 Å². The largest absolute Gasteiger partial charge is 0.370 e. The quantitative estimate of drug-likeness (QED) is 0.302. The second-order valence-electron chi connectivity index (χ2n) is 7.09. The summed E-state index contributed by atoms with van der Waals surface area (Å²) in [6.07, 6.45) is 1.23. The molecule has 0 bridgehead atoms. The number of guanidine groups is 1. The zero-order valence-corrected chi connectivity index (χ0v) is 21.5. The Labute approximate surface area is 198 Å².